The minimum Gasteiger partial charge on any atom is -0.281 e. The highest BCUT2D eigenvalue weighted by Crippen LogP contribution is 2.44. The number of fused-ring (bicyclic) bond motifs is 1. The molecule has 0 aromatic heterocycles. The first-order chi connectivity index (χ1) is 6.29. The van der Waals surface area contributed by atoms with Crippen molar-refractivity contribution < 1.29 is 4.79 Å². The molecular weight excluding hydrogens is 184 g/mol. The molecule has 13 heavy (non-hydrogen) atoms. The normalized spacial score (nSPS) is 39.6. The molecule has 0 saturated heterocycles. The second kappa shape index (κ2) is 4.00. The van der Waals surface area contributed by atoms with Crippen LogP contribution < -0.4 is 0 Å². The van der Waals surface area contributed by atoms with Crippen LogP contribution in [0.25, 0.3) is 0 Å². The monoisotopic (exact) mass is 200 g/mol. The van der Waals surface area contributed by atoms with E-state index in [1.807, 2.05) is 0 Å². The Morgan fingerprint density at radius 1 is 1.00 bits per heavy atom. The molecule has 0 aromatic rings. The Kier molecular flexibility index (Phi) is 2.92. The van der Waals surface area contributed by atoms with Crippen molar-refractivity contribution in [3.05, 3.63) is 0 Å². The van der Waals surface area contributed by atoms with Gasteiger partial charge in [0.05, 0.1) is 0 Å². The smallest absolute Gasteiger partial charge is 0.225 e. The van der Waals surface area contributed by atoms with Crippen molar-refractivity contribution in [1.29, 1.82) is 0 Å². The molecular formula is C11H17ClO. The summed E-state index contributed by atoms with van der Waals surface area (Å²) in [4.78, 5) is 11.2. The molecule has 0 radical (unpaired) electrons. The Hall–Kier alpha value is -0.0400. The van der Waals surface area contributed by atoms with Gasteiger partial charge in [-0.2, -0.15) is 0 Å². The van der Waals surface area contributed by atoms with Crippen LogP contribution in [0.3, 0.4) is 0 Å². The maximum Gasteiger partial charge on any atom is 0.225 e. The summed E-state index contributed by atoms with van der Waals surface area (Å²) in [7, 11) is 0. The number of hydrogen-bond donors (Lipinski definition) is 0. The summed E-state index contributed by atoms with van der Waals surface area (Å²) in [6.07, 6.45) is 8.85. The SMILES string of the molecule is O=C(Cl)[C@@H]1CCC[C@H]2CCCC[C@H]21. The van der Waals surface area contributed by atoms with E-state index in [9.17, 15) is 4.79 Å². The lowest BCUT2D eigenvalue weighted by atomic mass is 9.66. The van der Waals surface area contributed by atoms with Crippen LogP contribution in [0.5, 0.6) is 0 Å². The van der Waals surface area contributed by atoms with Crippen LogP contribution in [-0.2, 0) is 4.79 Å². The zero-order chi connectivity index (χ0) is 9.26. The van der Waals surface area contributed by atoms with Gasteiger partial charge in [0.15, 0.2) is 0 Å². The third-order valence-electron chi connectivity index (χ3n) is 3.87. The molecule has 2 fully saturated rings. The van der Waals surface area contributed by atoms with Crippen LogP contribution in [0.1, 0.15) is 44.9 Å². The van der Waals surface area contributed by atoms with Gasteiger partial charge in [0.1, 0.15) is 0 Å². The van der Waals surface area contributed by atoms with E-state index >= 15 is 0 Å². The third-order valence-corrected chi connectivity index (χ3v) is 4.15. The first kappa shape index (κ1) is 9.51. The number of carbonyl (C=O) groups excluding carboxylic acids is 1. The fourth-order valence-corrected chi connectivity index (χ4v) is 3.49. The van der Waals surface area contributed by atoms with Crippen molar-refractivity contribution in [2.75, 3.05) is 0 Å². The molecule has 0 unspecified atom stereocenters. The van der Waals surface area contributed by atoms with E-state index in [1.165, 1.54) is 38.5 Å². The molecule has 2 aliphatic carbocycles. The summed E-state index contributed by atoms with van der Waals surface area (Å²) in [6, 6.07) is 0. The molecule has 0 bridgehead atoms. The molecule has 0 N–H and O–H groups in total. The maximum absolute atomic E-state index is 11.2. The van der Waals surface area contributed by atoms with Gasteiger partial charge in [-0.3, -0.25) is 4.79 Å². The molecule has 0 aliphatic heterocycles. The van der Waals surface area contributed by atoms with Crippen molar-refractivity contribution in [2.24, 2.45) is 17.8 Å². The Morgan fingerprint density at radius 3 is 2.46 bits per heavy atom. The van der Waals surface area contributed by atoms with E-state index < -0.39 is 0 Å². The number of carbonyl (C=O) groups is 1. The molecule has 2 rings (SSSR count). The van der Waals surface area contributed by atoms with Gasteiger partial charge < -0.3 is 0 Å². The highest BCUT2D eigenvalue weighted by molar-refractivity contribution is 6.64. The predicted molar refractivity (Wildman–Crippen MR) is 53.6 cm³/mol. The van der Waals surface area contributed by atoms with E-state index in [4.69, 9.17) is 11.6 Å². The lowest BCUT2D eigenvalue weighted by molar-refractivity contribution is -0.119. The van der Waals surface area contributed by atoms with E-state index in [-0.39, 0.29) is 11.2 Å². The van der Waals surface area contributed by atoms with Crippen molar-refractivity contribution in [1.82, 2.24) is 0 Å². The van der Waals surface area contributed by atoms with Gasteiger partial charge in [-0.1, -0.05) is 32.1 Å². The second-order valence-corrected chi connectivity index (χ2v) is 4.92. The van der Waals surface area contributed by atoms with Gasteiger partial charge in [0.25, 0.3) is 0 Å². The summed E-state index contributed by atoms with van der Waals surface area (Å²) >= 11 is 5.64. The average molecular weight is 201 g/mol. The molecule has 3 atom stereocenters. The Morgan fingerprint density at radius 2 is 1.69 bits per heavy atom. The molecule has 0 spiro atoms. The number of rotatable bonds is 1. The minimum absolute atomic E-state index is 0.0726. The maximum atomic E-state index is 11.2. The molecule has 2 saturated carbocycles. The van der Waals surface area contributed by atoms with Gasteiger partial charge in [-0.05, 0) is 36.3 Å². The van der Waals surface area contributed by atoms with Crippen LogP contribution in [0, 0.1) is 17.8 Å². The molecule has 0 amide bonds. The van der Waals surface area contributed by atoms with Gasteiger partial charge in [-0.15, -0.1) is 0 Å². The number of halogens is 1. The fourth-order valence-electron chi connectivity index (χ4n) is 3.22. The summed E-state index contributed by atoms with van der Waals surface area (Å²) in [6.45, 7) is 0. The van der Waals surface area contributed by atoms with Crippen molar-refractivity contribution in [3.63, 3.8) is 0 Å². The lowest BCUT2D eigenvalue weighted by Gasteiger charge is -2.39. The number of hydrogen-bond acceptors (Lipinski definition) is 1. The van der Waals surface area contributed by atoms with Crippen molar-refractivity contribution >= 4 is 16.8 Å². The fraction of sp³-hybridized carbons (Fsp3) is 0.909. The average Bonchev–Trinajstić information content (AvgIpc) is 2.17. The summed E-state index contributed by atoms with van der Waals surface area (Å²) in [5.74, 6) is 1.64. The topological polar surface area (TPSA) is 17.1 Å². The predicted octanol–water partition coefficient (Wildman–Crippen LogP) is 3.36. The van der Waals surface area contributed by atoms with Crippen molar-refractivity contribution in [2.45, 2.75) is 44.9 Å². The highest BCUT2D eigenvalue weighted by atomic mass is 35.5. The molecule has 2 heteroatoms. The minimum atomic E-state index is -0.0726. The van der Waals surface area contributed by atoms with Crippen LogP contribution in [0.2, 0.25) is 0 Å². The van der Waals surface area contributed by atoms with E-state index in [0.717, 1.165) is 12.3 Å². The molecule has 0 heterocycles. The summed E-state index contributed by atoms with van der Waals surface area (Å²) in [5, 5.41) is -0.0726. The quantitative estimate of drug-likeness (QED) is 0.594. The highest BCUT2D eigenvalue weighted by Gasteiger charge is 2.37. The Balaban J connectivity index is 2.06. The Bertz CT molecular complexity index is 200. The molecule has 1 nitrogen and oxygen atoms in total. The zero-order valence-corrected chi connectivity index (χ0v) is 8.72. The van der Waals surface area contributed by atoms with E-state index in [1.54, 1.807) is 0 Å². The standard InChI is InChI=1S/C11H17ClO/c12-11(13)10-7-3-5-8-4-1-2-6-9(8)10/h8-10H,1-7H2/t8-,9-,10-/m1/s1. The van der Waals surface area contributed by atoms with Crippen LogP contribution in [0.4, 0.5) is 0 Å². The van der Waals surface area contributed by atoms with Crippen LogP contribution in [0.15, 0.2) is 0 Å². The van der Waals surface area contributed by atoms with Gasteiger partial charge >= 0.3 is 0 Å². The Labute approximate surface area is 84.8 Å². The second-order valence-electron chi connectivity index (χ2n) is 4.55. The molecule has 74 valence electrons. The first-order valence-corrected chi connectivity index (χ1v) is 5.86. The van der Waals surface area contributed by atoms with Crippen molar-refractivity contribution in [3.8, 4) is 0 Å². The summed E-state index contributed by atoms with van der Waals surface area (Å²) in [5.41, 5.74) is 0. The van der Waals surface area contributed by atoms with E-state index in [0.29, 0.717) is 5.92 Å². The largest absolute Gasteiger partial charge is 0.281 e. The van der Waals surface area contributed by atoms with E-state index in [2.05, 4.69) is 0 Å². The lowest BCUT2D eigenvalue weighted by Crippen LogP contribution is -2.33. The third kappa shape index (κ3) is 1.90. The zero-order valence-electron chi connectivity index (χ0n) is 7.97. The molecule has 2 aliphatic rings. The van der Waals surface area contributed by atoms with Gasteiger partial charge in [0.2, 0.25) is 5.24 Å². The van der Waals surface area contributed by atoms with Gasteiger partial charge in [0, 0.05) is 5.92 Å². The summed E-state index contributed by atoms with van der Waals surface area (Å²) < 4.78 is 0. The van der Waals surface area contributed by atoms with Gasteiger partial charge in [-0.25, -0.2) is 0 Å². The van der Waals surface area contributed by atoms with Crippen LogP contribution >= 0.6 is 11.6 Å². The van der Waals surface area contributed by atoms with Crippen LogP contribution in [-0.4, -0.2) is 5.24 Å². The first-order valence-electron chi connectivity index (χ1n) is 5.48. The molecule has 0 aromatic carbocycles.